The van der Waals surface area contributed by atoms with Crippen LogP contribution in [0.4, 0.5) is 5.69 Å². The van der Waals surface area contributed by atoms with Crippen molar-refractivity contribution in [1.29, 1.82) is 0 Å². The average Bonchev–Trinajstić information content (AvgIpc) is 3.08. The zero-order valence-corrected chi connectivity index (χ0v) is 28.4. The Hall–Kier alpha value is -4.43. The van der Waals surface area contributed by atoms with Crippen LogP contribution >= 0.6 is 0 Å². The Labute approximate surface area is 279 Å². The van der Waals surface area contributed by atoms with Crippen molar-refractivity contribution in [2.45, 2.75) is 82.8 Å². The van der Waals surface area contributed by atoms with E-state index in [0.717, 1.165) is 59.9 Å². The van der Waals surface area contributed by atoms with Gasteiger partial charge in [0, 0.05) is 19.0 Å². The lowest BCUT2D eigenvalue weighted by molar-refractivity contribution is -0.140. The van der Waals surface area contributed by atoms with Crippen molar-refractivity contribution < 1.29 is 18.0 Å². The Kier molecular flexibility index (Phi) is 11.1. The smallest absolute Gasteiger partial charge is 0.264 e. The van der Waals surface area contributed by atoms with Crippen molar-refractivity contribution in [3.63, 3.8) is 0 Å². The fraction of sp³-hybridized carbons (Fsp3) is 0.333. The van der Waals surface area contributed by atoms with Crippen LogP contribution in [0.1, 0.15) is 59.9 Å². The van der Waals surface area contributed by atoms with Crippen LogP contribution in [-0.4, -0.2) is 43.8 Å². The molecule has 5 rings (SSSR count). The highest BCUT2D eigenvalue weighted by Gasteiger charge is 2.36. The van der Waals surface area contributed by atoms with Crippen LogP contribution in [0.25, 0.3) is 0 Å². The highest BCUT2D eigenvalue weighted by atomic mass is 32.2. The molecule has 0 spiro atoms. The molecular weight excluding hydrogens is 607 g/mol. The maximum Gasteiger partial charge on any atom is 0.264 e. The van der Waals surface area contributed by atoms with Crippen molar-refractivity contribution >= 4 is 27.5 Å². The number of hydrogen-bond donors (Lipinski definition) is 1. The molecule has 1 atom stereocenters. The predicted octanol–water partition coefficient (Wildman–Crippen LogP) is 6.90. The van der Waals surface area contributed by atoms with Gasteiger partial charge in [-0.1, -0.05) is 110 Å². The zero-order chi connectivity index (χ0) is 33.4. The second-order valence-corrected chi connectivity index (χ2v) is 14.5. The van der Waals surface area contributed by atoms with Gasteiger partial charge in [-0.15, -0.1) is 0 Å². The minimum atomic E-state index is -4.14. The maximum atomic E-state index is 14.8. The first-order valence-electron chi connectivity index (χ1n) is 16.5. The molecule has 2 amide bonds. The third-order valence-corrected chi connectivity index (χ3v) is 10.9. The Balaban J connectivity index is 1.58. The van der Waals surface area contributed by atoms with Gasteiger partial charge >= 0.3 is 0 Å². The number of anilines is 1. The van der Waals surface area contributed by atoms with Gasteiger partial charge < -0.3 is 10.2 Å². The second-order valence-electron chi connectivity index (χ2n) is 12.6. The summed E-state index contributed by atoms with van der Waals surface area (Å²) >= 11 is 0. The lowest BCUT2D eigenvalue weighted by Crippen LogP contribution is -2.55. The summed E-state index contributed by atoms with van der Waals surface area (Å²) in [6.07, 6.45) is 5.38. The molecule has 246 valence electrons. The molecule has 0 aromatic heterocycles. The summed E-state index contributed by atoms with van der Waals surface area (Å²) in [7, 11) is -4.14. The Morgan fingerprint density at radius 3 is 2.11 bits per heavy atom. The summed E-state index contributed by atoms with van der Waals surface area (Å²) in [6, 6.07) is 30.4. The molecule has 1 N–H and O–H groups in total. The van der Waals surface area contributed by atoms with E-state index in [1.54, 1.807) is 35.2 Å². The fourth-order valence-corrected chi connectivity index (χ4v) is 7.84. The number of amides is 2. The van der Waals surface area contributed by atoms with Gasteiger partial charge in [-0.3, -0.25) is 13.9 Å². The monoisotopic (exact) mass is 651 g/mol. The van der Waals surface area contributed by atoms with E-state index in [4.69, 9.17) is 0 Å². The zero-order valence-electron chi connectivity index (χ0n) is 27.6. The Morgan fingerprint density at radius 2 is 1.43 bits per heavy atom. The standard InChI is InChI=1S/C39H45N3O4S/c1-29-15-13-19-33(25-29)27-41(37(26-32-17-7-4-8-18-32)39(44)40-34-20-9-5-10-21-34)38(43)28-42(36-24-14-16-30(2)31(36)3)47(45,46)35-22-11-6-12-23-35/h4,6-8,11-19,22-25,34,37H,5,9-10,20-21,26-28H2,1-3H3,(H,40,44)/t37-/m1/s1. The molecule has 7 nitrogen and oxygen atoms in total. The van der Waals surface area contributed by atoms with Crippen LogP contribution in [0, 0.1) is 20.8 Å². The minimum Gasteiger partial charge on any atom is -0.352 e. The van der Waals surface area contributed by atoms with Gasteiger partial charge in [0.2, 0.25) is 11.8 Å². The summed E-state index contributed by atoms with van der Waals surface area (Å²) < 4.78 is 29.8. The molecule has 0 bridgehead atoms. The number of nitrogens with zero attached hydrogens (tertiary/aromatic N) is 2. The summed E-state index contributed by atoms with van der Waals surface area (Å²) in [5.41, 5.74) is 4.93. The minimum absolute atomic E-state index is 0.0512. The topological polar surface area (TPSA) is 86.8 Å². The molecule has 1 aliphatic carbocycles. The van der Waals surface area contributed by atoms with Gasteiger partial charge in [0.05, 0.1) is 10.6 Å². The first kappa shape index (κ1) is 33.9. The SMILES string of the molecule is Cc1cccc(CN(C(=O)CN(c2cccc(C)c2C)S(=O)(=O)c2ccccc2)[C@H](Cc2ccccc2)C(=O)NC2CCCCC2)c1. The maximum absolute atomic E-state index is 14.8. The van der Waals surface area contributed by atoms with E-state index in [-0.39, 0.29) is 23.4 Å². The molecular formula is C39H45N3O4S. The van der Waals surface area contributed by atoms with Crippen LogP contribution in [0.15, 0.2) is 108 Å². The quantitative estimate of drug-likeness (QED) is 0.181. The first-order valence-corrected chi connectivity index (χ1v) is 17.9. The molecule has 1 saturated carbocycles. The number of benzene rings is 4. The van der Waals surface area contributed by atoms with Crippen LogP contribution in [-0.2, 0) is 32.6 Å². The van der Waals surface area contributed by atoms with Crippen molar-refractivity contribution in [3.8, 4) is 0 Å². The van der Waals surface area contributed by atoms with Crippen molar-refractivity contribution in [1.82, 2.24) is 10.2 Å². The molecule has 0 unspecified atom stereocenters. The number of nitrogens with one attached hydrogen (secondary N) is 1. The molecule has 0 saturated heterocycles. The number of carbonyl (C=O) groups is 2. The predicted molar refractivity (Wildman–Crippen MR) is 188 cm³/mol. The van der Waals surface area contributed by atoms with Gasteiger partial charge in [0.25, 0.3) is 10.0 Å². The summed E-state index contributed by atoms with van der Waals surface area (Å²) in [6.45, 7) is 5.46. The fourth-order valence-electron chi connectivity index (χ4n) is 6.34. The second kappa shape index (κ2) is 15.4. The third kappa shape index (κ3) is 8.49. The molecule has 1 fully saturated rings. The number of hydrogen-bond acceptors (Lipinski definition) is 4. The summed E-state index contributed by atoms with van der Waals surface area (Å²) in [5, 5.41) is 3.26. The van der Waals surface area contributed by atoms with Crippen molar-refractivity contribution in [2.24, 2.45) is 0 Å². The van der Waals surface area contributed by atoms with Crippen LogP contribution in [0.2, 0.25) is 0 Å². The average molecular weight is 652 g/mol. The number of carbonyl (C=O) groups excluding carboxylic acids is 2. The Morgan fingerprint density at radius 1 is 0.787 bits per heavy atom. The van der Waals surface area contributed by atoms with E-state index in [9.17, 15) is 18.0 Å². The van der Waals surface area contributed by atoms with E-state index in [1.165, 1.54) is 16.4 Å². The highest BCUT2D eigenvalue weighted by molar-refractivity contribution is 7.92. The number of rotatable bonds is 12. The van der Waals surface area contributed by atoms with Gasteiger partial charge in [-0.25, -0.2) is 8.42 Å². The molecule has 1 aliphatic rings. The van der Waals surface area contributed by atoms with Gasteiger partial charge in [-0.2, -0.15) is 0 Å². The summed E-state index contributed by atoms with van der Waals surface area (Å²) in [4.78, 5) is 30.7. The first-order chi connectivity index (χ1) is 22.6. The van der Waals surface area contributed by atoms with E-state index < -0.39 is 28.5 Å². The normalized spacial score (nSPS) is 14.3. The van der Waals surface area contributed by atoms with Crippen molar-refractivity contribution in [3.05, 3.63) is 131 Å². The van der Waals surface area contributed by atoms with E-state index in [0.29, 0.717) is 12.1 Å². The van der Waals surface area contributed by atoms with Crippen molar-refractivity contribution in [2.75, 3.05) is 10.8 Å². The van der Waals surface area contributed by atoms with Gasteiger partial charge in [0.15, 0.2) is 0 Å². The lowest BCUT2D eigenvalue weighted by atomic mass is 9.94. The van der Waals surface area contributed by atoms with E-state index >= 15 is 0 Å². The van der Waals surface area contributed by atoms with Gasteiger partial charge in [-0.05, 0) is 74.1 Å². The van der Waals surface area contributed by atoms with Crippen LogP contribution in [0.3, 0.4) is 0 Å². The Bertz CT molecular complexity index is 1770. The van der Waals surface area contributed by atoms with E-state index in [2.05, 4.69) is 5.32 Å². The summed E-state index contributed by atoms with van der Waals surface area (Å²) in [5.74, 6) is -0.669. The molecule has 0 radical (unpaired) electrons. The largest absolute Gasteiger partial charge is 0.352 e. The number of aryl methyl sites for hydroxylation is 2. The van der Waals surface area contributed by atoms with Crippen LogP contribution in [0.5, 0.6) is 0 Å². The molecule has 0 aliphatic heterocycles. The van der Waals surface area contributed by atoms with Gasteiger partial charge in [0.1, 0.15) is 12.6 Å². The van der Waals surface area contributed by atoms with E-state index in [1.807, 2.05) is 81.4 Å². The molecule has 4 aromatic rings. The molecule has 4 aromatic carbocycles. The molecule has 8 heteroatoms. The molecule has 47 heavy (non-hydrogen) atoms. The third-order valence-electron chi connectivity index (χ3n) is 9.11. The lowest BCUT2D eigenvalue weighted by Gasteiger charge is -2.35. The highest BCUT2D eigenvalue weighted by Crippen LogP contribution is 2.29. The molecule has 0 heterocycles. The number of sulfonamides is 1. The van der Waals surface area contributed by atoms with Crippen LogP contribution < -0.4 is 9.62 Å².